The van der Waals surface area contributed by atoms with E-state index in [1.807, 2.05) is 0 Å². The largest absolute Gasteiger partial charge is 0.295 e. The van der Waals surface area contributed by atoms with Crippen LogP contribution in [0.5, 0.6) is 0 Å². The second-order valence-corrected chi connectivity index (χ2v) is 6.80. The fourth-order valence-corrected chi connectivity index (χ4v) is 4.31. The summed E-state index contributed by atoms with van der Waals surface area (Å²) in [4.78, 5) is 0. The van der Waals surface area contributed by atoms with Gasteiger partial charge in [0.1, 0.15) is 5.52 Å². The molecule has 0 fully saturated rings. The van der Waals surface area contributed by atoms with Gasteiger partial charge in [0.15, 0.2) is 11.0 Å². The number of nitrogens with zero attached hydrogens (tertiary/aromatic N) is 2. The summed E-state index contributed by atoms with van der Waals surface area (Å²) in [5, 5.41) is 1.34. The molecular formula is C24H21N2+. The average molecular weight is 337 g/mol. The molecule has 5 aromatic rings. The Kier molecular flexibility index (Phi) is 3.32. The lowest BCUT2D eigenvalue weighted by Crippen LogP contribution is -2.28. The lowest BCUT2D eigenvalue weighted by atomic mass is 9.95. The Labute approximate surface area is 152 Å². The third-order valence-corrected chi connectivity index (χ3v) is 5.42. The van der Waals surface area contributed by atoms with E-state index in [0.717, 1.165) is 6.42 Å². The van der Waals surface area contributed by atoms with Crippen molar-refractivity contribution >= 4 is 27.6 Å². The fraction of sp³-hybridized carbons (Fsp3) is 0.125. The number of para-hydroxylation sites is 3. The molecule has 3 aromatic carbocycles. The number of imidazole rings is 1. The molecule has 2 aromatic heterocycles. The zero-order chi connectivity index (χ0) is 17.7. The Balaban J connectivity index is 2.15. The molecule has 0 radical (unpaired) electrons. The number of fused-ring (bicyclic) bond motifs is 5. The van der Waals surface area contributed by atoms with Gasteiger partial charge < -0.3 is 0 Å². The van der Waals surface area contributed by atoms with Crippen LogP contribution in [0, 0.1) is 0 Å². The molecule has 0 bridgehead atoms. The van der Waals surface area contributed by atoms with Crippen LogP contribution in [0.1, 0.15) is 12.5 Å². The number of hydrogen-bond donors (Lipinski definition) is 0. The standard InChI is InChI=1S/C24H21N2/c1-3-18-19-13-7-8-14-20(19)26-22-16-10-9-15-21(22)25(2)24(26)23(18)17-11-5-4-6-12-17/h4-16H,3H2,1-2H3/q+1. The highest BCUT2D eigenvalue weighted by atomic mass is 15.1. The van der Waals surface area contributed by atoms with E-state index >= 15 is 0 Å². The number of rotatable bonds is 2. The van der Waals surface area contributed by atoms with Crippen LogP contribution < -0.4 is 4.57 Å². The van der Waals surface area contributed by atoms with Gasteiger partial charge in [-0.05, 0) is 35.7 Å². The highest BCUT2D eigenvalue weighted by Crippen LogP contribution is 2.35. The van der Waals surface area contributed by atoms with Crippen LogP contribution in [0.4, 0.5) is 0 Å². The zero-order valence-corrected chi connectivity index (χ0v) is 15.1. The molecule has 2 heterocycles. The molecule has 0 saturated carbocycles. The normalized spacial score (nSPS) is 11.6. The Bertz CT molecular complexity index is 1260. The van der Waals surface area contributed by atoms with E-state index < -0.39 is 0 Å². The molecular weight excluding hydrogens is 316 g/mol. The maximum absolute atomic E-state index is 2.42. The number of hydrogen-bond acceptors (Lipinski definition) is 0. The number of aromatic nitrogens is 2. The predicted molar refractivity (Wildman–Crippen MR) is 108 cm³/mol. The van der Waals surface area contributed by atoms with Crippen LogP contribution in [-0.2, 0) is 13.5 Å². The van der Waals surface area contributed by atoms with Crippen molar-refractivity contribution in [3.63, 3.8) is 0 Å². The zero-order valence-electron chi connectivity index (χ0n) is 15.1. The molecule has 2 heteroatoms. The number of pyridine rings is 1. The van der Waals surface area contributed by atoms with Crippen molar-refractivity contribution in [3.05, 3.63) is 84.4 Å². The van der Waals surface area contributed by atoms with E-state index in [-0.39, 0.29) is 0 Å². The highest BCUT2D eigenvalue weighted by Gasteiger charge is 2.26. The van der Waals surface area contributed by atoms with Gasteiger partial charge in [-0.3, -0.25) is 0 Å². The summed E-state index contributed by atoms with van der Waals surface area (Å²) >= 11 is 0. The van der Waals surface area contributed by atoms with E-state index in [4.69, 9.17) is 0 Å². The Morgan fingerprint density at radius 3 is 2.19 bits per heavy atom. The second kappa shape index (κ2) is 5.70. The molecule has 0 atom stereocenters. The first kappa shape index (κ1) is 15.2. The van der Waals surface area contributed by atoms with Crippen LogP contribution >= 0.6 is 0 Å². The molecule has 2 nitrogen and oxygen atoms in total. The monoisotopic (exact) mass is 337 g/mol. The molecule has 0 aliphatic rings. The Morgan fingerprint density at radius 1 is 0.769 bits per heavy atom. The van der Waals surface area contributed by atoms with Gasteiger partial charge >= 0.3 is 0 Å². The van der Waals surface area contributed by atoms with Crippen molar-refractivity contribution in [2.75, 3.05) is 0 Å². The third-order valence-electron chi connectivity index (χ3n) is 5.42. The first-order chi connectivity index (χ1) is 12.8. The van der Waals surface area contributed by atoms with Crippen molar-refractivity contribution in [3.8, 4) is 11.1 Å². The van der Waals surface area contributed by atoms with Crippen molar-refractivity contribution in [2.24, 2.45) is 7.05 Å². The van der Waals surface area contributed by atoms with Gasteiger partial charge in [0.2, 0.25) is 0 Å². The summed E-state index contributed by atoms with van der Waals surface area (Å²) in [6.45, 7) is 2.26. The minimum Gasteiger partial charge on any atom is -0.225 e. The summed E-state index contributed by atoms with van der Waals surface area (Å²) in [6, 6.07) is 28.2. The molecule has 0 amide bonds. The predicted octanol–water partition coefficient (Wildman–Crippen LogP) is 5.30. The van der Waals surface area contributed by atoms with Gasteiger partial charge in [0, 0.05) is 5.39 Å². The van der Waals surface area contributed by atoms with Crippen LogP contribution in [0.3, 0.4) is 0 Å². The summed E-state index contributed by atoms with van der Waals surface area (Å²) in [6.07, 6.45) is 1.00. The van der Waals surface area contributed by atoms with Gasteiger partial charge in [-0.25, -0.2) is 4.57 Å². The maximum atomic E-state index is 2.42. The van der Waals surface area contributed by atoms with E-state index in [1.54, 1.807) is 0 Å². The average Bonchev–Trinajstić information content (AvgIpc) is 3.01. The van der Waals surface area contributed by atoms with Crippen LogP contribution in [0.25, 0.3) is 38.7 Å². The van der Waals surface area contributed by atoms with E-state index in [9.17, 15) is 0 Å². The molecule has 5 rings (SSSR count). The van der Waals surface area contributed by atoms with Crippen molar-refractivity contribution in [1.29, 1.82) is 0 Å². The summed E-state index contributed by atoms with van der Waals surface area (Å²) in [5.41, 5.74) is 9.06. The topological polar surface area (TPSA) is 8.29 Å². The SMILES string of the molecule is CCc1c(-c2ccccc2)c2n(c3ccccc13)c1ccccc1[n+]2C. The molecule has 26 heavy (non-hydrogen) atoms. The lowest BCUT2D eigenvalue weighted by molar-refractivity contribution is -0.617. The molecule has 0 spiro atoms. The number of aryl methyl sites for hydroxylation is 2. The molecule has 0 aliphatic heterocycles. The van der Waals surface area contributed by atoms with Crippen LogP contribution in [0.2, 0.25) is 0 Å². The Hall–Kier alpha value is -3.13. The van der Waals surface area contributed by atoms with E-state index in [1.165, 1.54) is 44.3 Å². The van der Waals surface area contributed by atoms with Gasteiger partial charge in [-0.2, -0.15) is 4.40 Å². The van der Waals surface area contributed by atoms with Gasteiger partial charge in [-0.15, -0.1) is 0 Å². The first-order valence-electron chi connectivity index (χ1n) is 9.19. The summed E-state index contributed by atoms with van der Waals surface area (Å²) < 4.78 is 4.76. The second-order valence-electron chi connectivity index (χ2n) is 6.80. The van der Waals surface area contributed by atoms with Crippen LogP contribution in [0.15, 0.2) is 78.9 Å². The summed E-state index contributed by atoms with van der Waals surface area (Å²) in [5.74, 6) is 0. The van der Waals surface area contributed by atoms with Gasteiger partial charge in [0.25, 0.3) is 5.65 Å². The fourth-order valence-electron chi connectivity index (χ4n) is 4.31. The van der Waals surface area contributed by atoms with E-state index in [2.05, 4.69) is 102 Å². The van der Waals surface area contributed by atoms with Crippen molar-refractivity contribution in [2.45, 2.75) is 13.3 Å². The van der Waals surface area contributed by atoms with Crippen molar-refractivity contribution in [1.82, 2.24) is 4.40 Å². The first-order valence-corrected chi connectivity index (χ1v) is 9.19. The highest BCUT2D eigenvalue weighted by molar-refractivity contribution is 5.98. The molecule has 126 valence electrons. The summed E-state index contributed by atoms with van der Waals surface area (Å²) in [7, 11) is 2.18. The maximum Gasteiger partial charge on any atom is 0.295 e. The number of benzene rings is 3. The minimum atomic E-state index is 1.00. The molecule has 0 unspecified atom stereocenters. The van der Waals surface area contributed by atoms with Crippen molar-refractivity contribution < 1.29 is 4.57 Å². The minimum absolute atomic E-state index is 1.00. The lowest BCUT2D eigenvalue weighted by Gasteiger charge is -2.12. The quantitative estimate of drug-likeness (QED) is 0.386. The van der Waals surface area contributed by atoms with Gasteiger partial charge in [-0.1, -0.05) is 67.6 Å². The van der Waals surface area contributed by atoms with Gasteiger partial charge in [0.05, 0.1) is 12.6 Å². The molecule has 0 saturated heterocycles. The molecule has 0 aliphatic carbocycles. The smallest absolute Gasteiger partial charge is 0.225 e. The van der Waals surface area contributed by atoms with E-state index in [0.29, 0.717) is 0 Å². The van der Waals surface area contributed by atoms with Crippen LogP contribution in [-0.4, -0.2) is 4.40 Å². The molecule has 0 N–H and O–H groups in total. The third kappa shape index (κ3) is 1.96. The Morgan fingerprint density at radius 2 is 1.42 bits per heavy atom.